The number of phenolic OH excluding ortho intramolecular Hbond substituents is 1. The van der Waals surface area contributed by atoms with Gasteiger partial charge in [-0.15, -0.1) is 0 Å². The number of rotatable bonds is 5. The minimum absolute atomic E-state index is 0.310. The second-order valence-electron chi connectivity index (χ2n) is 4.71. The van der Waals surface area contributed by atoms with Crippen molar-refractivity contribution in [1.29, 1.82) is 0 Å². The molecule has 0 aromatic heterocycles. The first kappa shape index (κ1) is 13.4. The fourth-order valence-corrected chi connectivity index (χ4v) is 2.02. The molecule has 0 spiro atoms. The summed E-state index contributed by atoms with van der Waals surface area (Å²) in [5.74, 6) is 0.310. The van der Waals surface area contributed by atoms with Gasteiger partial charge in [0.05, 0.1) is 0 Å². The first-order chi connectivity index (χ1) is 9.17. The summed E-state index contributed by atoms with van der Waals surface area (Å²) in [4.78, 5) is 2.35. The zero-order valence-electron chi connectivity index (χ0n) is 11.2. The number of phenols is 1. The maximum absolute atomic E-state index is 9.28. The average molecular weight is 256 g/mol. The molecule has 100 valence electrons. The third-order valence-electron chi connectivity index (χ3n) is 3.18. The maximum atomic E-state index is 9.28. The second-order valence-corrected chi connectivity index (χ2v) is 4.71. The van der Waals surface area contributed by atoms with Crippen LogP contribution < -0.4 is 5.73 Å². The Kier molecular flexibility index (Phi) is 4.42. The predicted molar refractivity (Wildman–Crippen MR) is 78.7 cm³/mol. The zero-order valence-corrected chi connectivity index (χ0v) is 11.2. The van der Waals surface area contributed by atoms with Gasteiger partial charge in [-0.1, -0.05) is 31.2 Å². The SMILES string of the molecule is CCN(Cc1ccc(N)cc1)Cc1ccc(O)cc1. The minimum atomic E-state index is 0.310. The van der Waals surface area contributed by atoms with E-state index in [1.165, 1.54) is 11.1 Å². The van der Waals surface area contributed by atoms with Crippen LogP contribution in [-0.2, 0) is 13.1 Å². The minimum Gasteiger partial charge on any atom is -0.508 e. The molecule has 3 heteroatoms. The standard InChI is InChI=1S/C16H20N2O/c1-2-18(11-13-3-7-15(17)8-4-13)12-14-5-9-16(19)10-6-14/h3-10,19H,2,11-12,17H2,1H3. The molecule has 0 radical (unpaired) electrons. The van der Waals surface area contributed by atoms with E-state index in [0.717, 1.165) is 25.3 Å². The lowest BCUT2D eigenvalue weighted by Gasteiger charge is -2.20. The van der Waals surface area contributed by atoms with E-state index in [0.29, 0.717) is 5.75 Å². The number of aromatic hydroxyl groups is 1. The van der Waals surface area contributed by atoms with Crippen molar-refractivity contribution in [2.24, 2.45) is 0 Å². The third kappa shape index (κ3) is 4.00. The topological polar surface area (TPSA) is 49.5 Å². The lowest BCUT2D eigenvalue weighted by atomic mass is 10.1. The summed E-state index contributed by atoms with van der Waals surface area (Å²) in [6.45, 7) is 4.90. The van der Waals surface area contributed by atoms with Crippen LogP contribution in [0.5, 0.6) is 5.75 Å². The van der Waals surface area contributed by atoms with Crippen LogP contribution in [0.4, 0.5) is 5.69 Å². The maximum Gasteiger partial charge on any atom is 0.115 e. The van der Waals surface area contributed by atoms with E-state index in [1.807, 2.05) is 24.3 Å². The molecule has 0 aliphatic rings. The number of anilines is 1. The van der Waals surface area contributed by atoms with Gasteiger partial charge in [0.25, 0.3) is 0 Å². The summed E-state index contributed by atoms with van der Waals surface area (Å²) in [5, 5.41) is 9.28. The fourth-order valence-electron chi connectivity index (χ4n) is 2.02. The Bertz CT molecular complexity index is 458. The molecule has 2 rings (SSSR count). The molecule has 0 amide bonds. The molecule has 0 fully saturated rings. The molecule has 0 atom stereocenters. The lowest BCUT2D eigenvalue weighted by Crippen LogP contribution is -2.22. The Balaban J connectivity index is 2.00. The van der Waals surface area contributed by atoms with Crippen LogP contribution in [0.2, 0.25) is 0 Å². The van der Waals surface area contributed by atoms with Gasteiger partial charge in [-0.3, -0.25) is 4.90 Å². The first-order valence-corrected chi connectivity index (χ1v) is 6.52. The molecular weight excluding hydrogens is 236 g/mol. The highest BCUT2D eigenvalue weighted by Gasteiger charge is 2.05. The fraction of sp³-hybridized carbons (Fsp3) is 0.250. The quantitative estimate of drug-likeness (QED) is 0.808. The third-order valence-corrected chi connectivity index (χ3v) is 3.18. The van der Waals surface area contributed by atoms with Gasteiger partial charge in [-0.2, -0.15) is 0 Å². The summed E-state index contributed by atoms with van der Waals surface area (Å²) in [7, 11) is 0. The van der Waals surface area contributed by atoms with E-state index in [-0.39, 0.29) is 0 Å². The highest BCUT2D eigenvalue weighted by Crippen LogP contribution is 2.14. The van der Waals surface area contributed by atoms with E-state index in [9.17, 15) is 5.11 Å². The van der Waals surface area contributed by atoms with Gasteiger partial charge in [0.1, 0.15) is 5.75 Å². The van der Waals surface area contributed by atoms with E-state index < -0.39 is 0 Å². The van der Waals surface area contributed by atoms with E-state index in [1.54, 1.807) is 12.1 Å². The molecule has 2 aromatic carbocycles. The average Bonchev–Trinajstić information content (AvgIpc) is 2.43. The monoisotopic (exact) mass is 256 g/mol. The Morgan fingerprint density at radius 1 is 0.895 bits per heavy atom. The van der Waals surface area contributed by atoms with Crippen molar-refractivity contribution >= 4 is 5.69 Å². The summed E-state index contributed by atoms with van der Waals surface area (Å²) in [6.07, 6.45) is 0. The normalized spacial score (nSPS) is 10.8. The van der Waals surface area contributed by atoms with Crippen molar-refractivity contribution < 1.29 is 5.11 Å². The van der Waals surface area contributed by atoms with Gasteiger partial charge in [0, 0.05) is 18.8 Å². The molecule has 19 heavy (non-hydrogen) atoms. The summed E-state index contributed by atoms with van der Waals surface area (Å²) < 4.78 is 0. The van der Waals surface area contributed by atoms with Crippen LogP contribution in [0.1, 0.15) is 18.1 Å². The molecule has 0 unspecified atom stereocenters. The number of hydrogen-bond donors (Lipinski definition) is 2. The molecule has 3 N–H and O–H groups in total. The number of nitrogens with zero attached hydrogens (tertiary/aromatic N) is 1. The van der Waals surface area contributed by atoms with Gasteiger partial charge in [-0.05, 0) is 41.9 Å². The predicted octanol–water partition coefficient (Wildman–Crippen LogP) is 3.00. The largest absolute Gasteiger partial charge is 0.508 e. The number of benzene rings is 2. The van der Waals surface area contributed by atoms with Crippen molar-refractivity contribution in [1.82, 2.24) is 4.90 Å². The zero-order chi connectivity index (χ0) is 13.7. The van der Waals surface area contributed by atoms with Crippen molar-refractivity contribution in [2.45, 2.75) is 20.0 Å². The smallest absolute Gasteiger partial charge is 0.115 e. The van der Waals surface area contributed by atoms with Gasteiger partial charge >= 0.3 is 0 Å². The highest BCUT2D eigenvalue weighted by molar-refractivity contribution is 5.39. The lowest BCUT2D eigenvalue weighted by molar-refractivity contribution is 0.271. The first-order valence-electron chi connectivity index (χ1n) is 6.52. The Morgan fingerprint density at radius 3 is 1.84 bits per heavy atom. The van der Waals surface area contributed by atoms with Gasteiger partial charge in [0.15, 0.2) is 0 Å². The van der Waals surface area contributed by atoms with Crippen LogP contribution in [0.25, 0.3) is 0 Å². The van der Waals surface area contributed by atoms with E-state index in [4.69, 9.17) is 5.73 Å². The summed E-state index contributed by atoms with van der Waals surface area (Å²) in [5.41, 5.74) is 8.95. The van der Waals surface area contributed by atoms with Crippen molar-refractivity contribution in [3.05, 3.63) is 59.7 Å². The Hall–Kier alpha value is -2.00. The van der Waals surface area contributed by atoms with Crippen molar-refractivity contribution in [3.63, 3.8) is 0 Å². The van der Waals surface area contributed by atoms with Gasteiger partial charge in [0.2, 0.25) is 0 Å². The molecular formula is C16H20N2O. The summed E-state index contributed by atoms with van der Waals surface area (Å²) >= 11 is 0. The van der Waals surface area contributed by atoms with Crippen LogP contribution in [0.3, 0.4) is 0 Å². The molecule has 0 aliphatic heterocycles. The van der Waals surface area contributed by atoms with Crippen LogP contribution >= 0.6 is 0 Å². The highest BCUT2D eigenvalue weighted by atomic mass is 16.3. The molecule has 0 aliphatic carbocycles. The van der Waals surface area contributed by atoms with Gasteiger partial charge < -0.3 is 10.8 Å². The second kappa shape index (κ2) is 6.25. The van der Waals surface area contributed by atoms with E-state index >= 15 is 0 Å². The molecule has 0 saturated carbocycles. The molecule has 3 nitrogen and oxygen atoms in total. The molecule has 0 saturated heterocycles. The van der Waals surface area contributed by atoms with Crippen LogP contribution in [0, 0.1) is 0 Å². The van der Waals surface area contributed by atoms with Crippen LogP contribution in [0.15, 0.2) is 48.5 Å². The van der Waals surface area contributed by atoms with Crippen molar-refractivity contribution in [3.8, 4) is 5.75 Å². The number of hydrogen-bond acceptors (Lipinski definition) is 3. The Labute approximate surface area is 114 Å². The number of nitrogen functional groups attached to an aromatic ring is 1. The van der Waals surface area contributed by atoms with Crippen LogP contribution in [-0.4, -0.2) is 16.6 Å². The molecule has 0 heterocycles. The Morgan fingerprint density at radius 2 is 1.37 bits per heavy atom. The number of nitrogens with two attached hydrogens (primary N) is 1. The molecule has 0 bridgehead atoms. The van der Waals surface area contributed by atoms with Crippen molar-refractivity contribution in [2.75, 3.05) is 12.3 Å². The molecule has 2 aromatic rings. The van der Waals surface area contributed by atoms with Gasteiger partial charge in [-0.25, -0.2) is 0 Å². The summed E-state index contributed by atoms with van der Waals surface area (Å²) in [6, 6.07) is 15.4. The van der Waals surface area contributed by atoms with E-state index in [2.05, 4.69) is 24.0 Å².